The number of nitrogens with zero attached hydrogens (tertiary/aromatic N) is 1. The Morgan fingerprint density at radius 1 is 1.64 bits per heavy atom. The van der Waals surface area contributed by atoms with Crippen LogP contribution in [0.15, 0.2) is 0 Å². The zero-order chi connectivity index (χ0) is 7.47. The zero-order valence-electron chi connectivity index (χ0n) is 6.84. The van der Waals surface area contributed by atoms with Gasteiger partial charge in [-0.15, -0.1) is 0 Å². The van der Waals surface area contributed by atoms with E-state index in [0.29, 0.717) is 6.10 Å². The average molecular weight is 154 g/mol. The third-order valence-corrected chi connectivity index (χ3v) is 3.36. The van der Waals surface area contributed by atoms with Gasteiger partial charge in [0.2, 0.25) is 0 Å². The second kappa shape index (κ2) is 1.79. The topological polar surface area (TPSA) is 24.5 Å². The van der Waals surface area contributed by atoms with Gasteiger partial charge in [0.15, 0.2) is 0 Å². The fraction of sp³-hybridized carbons (Fsp3) is 1.00. The van der Waals surface area contributed by atoms with Crippen molar-refractivity contribution in [1.82, 2.24) is 10.2 Å². The fourth-order valence-corrected chi connectivity index (χ4v) is 2.85. The molecule has 0 aliphatic carbocycles. The molecule has 3 heteroatoms. The van der Waals surface area contributed by atoms with Crippen LogP contribution in [-0.4, -0.2) is 42.9 Å². The van der Waals surface area contributed by atoms with Gasteiger partial charge in [0.05, 0.1) is 6.10 Å². The largest absolute Gasteiger partial charge is 0.355 e. The Labute approximate surface area is 66.7 Å². The van der Waals surface area contributed by atoms with E-state index >= 15 is 0 Å². The highest BCUT2D eigenvalue weighted by Gasteiger charge is 2.55. The van der Waals surface area contributed by atoms with Crippen LogP contribution in [0.2, 0.25) is 0 Å². The van der Waals surface area contributed by atoms with Gasteiger partial charge in [-0.25, -0.2) is 0 Å². The molecule has 0 spiro atoms. The van der Waals surface area contributed by atoms with Gasteiger partial charge in [0.1, 0.15) is 5.72 Å². The molecular formula is C8H14N2O. The van der Waals surface area contributed by atoms with Gasteiger partial charge in [-0.1, -0.05) is 0 Å². The summed E-state index contributed by atoms with van der Waals surface area (Å²) in [6.07, 6.45) is 2.98. The molecule has 0 aromatic rings. The summed E-state index contributed by atoms with van der Waals surface area (Å²) in [5.74, 6) is 0. The molecule has 4 rings (SSSR count). The summed E-state index contributed by atoms with van der Waals surface area (Å²) in [6.45, 7) is 2.28. The van der Waals surface area contributed by atoms with E-state index in [9.17, 15) is 0 Å². The average Bonchev–Trinajstić information content (AvgIpc) is 2.40. The van der Waals surface area contributed by atoms with E-state index in [-0.39, 0.29) is 5.72 Å². The van der Waals surface area contributed by atoms with Crippen LogP contribution >= 0.6 is 0 Å². The van der Waals surface area contributed by atoms with Crippen molar-refractivity contribution in [3.63, 3.8) is 0 Å². The molecular weight excluding hydrogens is 140 g/mol. The Hall–Kier alpha value is -0.120. The van der Waals surface area contributed by atoms with Crippen LogP contribution in [0, 0.1) is 0 Å². The Morgan fingerprint density at radius 2 is 2.55 bits per heavy atom. The first-order valence-electron chi connectivity index (χ1n) is 4.42. The van der Waals surface area contributed by atoms with Crippen LogP contribution in [-0.2, 0) is 4.74 Å². The maximum atomic E-state index is 5.93. The lowest BCUT2D eigenvalue weighted by Gasteiger charge is -2.37. The first-order chi connectivity index (χ1) is 5.31. The van der Waals surface area contributed by atoms with Gasteiger partial charge < -0.3 is 4.74 Å². The molecule has 4 fully saturated rings. The number of nitrogens with one attached hydrogen (secondary N) is 1. The Balaban J connectivity index is 1.94. The Morgan fingerprint density at radius 3 is 3.18 bits per heavy atom. The SMILES string of the molecule is CNC12CC3CC(CN3C1)O2. The number of hydrogen-bond acceptors (Lipinski definition) is 3. The summed E-state index contributed by atoms with van der Waals surface area (Å²) in [5.41, 5.74) is 0.0336. The van der Waals surface area contributed by atoms with E-state index in [1.165, 1.54) is 19.4 Å². The van der Waals surface area contributed by atoms with Crippen molar-refractivity contribution in [2.45, 2.75) is 30.7 Å². The smallest absolute Gasteiger partial charge is 0.133 e. The molecule has 62 valence electrons. The van der Waals surface area contributed by atoms with Crippen LogP contribution in [0.3, 0.4) is 0 Å². The molecule has 4 aliphatic rings. The molecule has 1 N–H and O–H groups in total. The maximum absolute atomic E-state index is 5.93. The van der Waals surface area contributed by atoms with Crippen molar-refractivity contribution in [1.29, 1.82) is 0 Å². The normalized spacial score (nSPS) is 59.2. The molecule has 4 heterocycles. The van der Waals surface area contributed by atoms with E-state index in [4.69, 9.17) is 4.74 Å². The monoisotopic (exact) mass is 154 g/mol. The van der Waals surface area contributed by atoms with Crippen molar-refractivity contribution in [2.24, 2.45) is 0 Å². The second-order valence-corrected chi connectivity index (χ2v) is 4.01. The number of ether oxygens (including phenoxy) is 1. The van der Waals surface area contributed by atoms with Crippen LogP contribution in [0.1, 0.15) is 12.8 Å². The lowest BCUT2D eigenvalue weighted by molar-refractivity contribution is -0.131. The number of rotatable bonds is 1. The van der Waals surface area contributed by atoms with Crippen LogP contribution in [0.25, 0.3) is 0 Å². The van der Waals surface area contributed by atoms with E-state index in [1.807, 2.05) is 7.05 Å². The second-order valence-electron chi connectivity index (χ2n) is 4.01. The predicted molar refractivity (Wildman–Crippen MR) is 41.3 cm³/mol. The molecule has 4 aliphatic heterocycles. The first-order valence-corrected chi connectivity index (χ1v) is 4.42. The number of likely N-dealkylation sites (N-methyl/N-ethyl adjacent to an activating group) is 1. The van der Waals surface area contributed by atoms with Crippen molar-refractivity contribution in [3.8, 4) is 0 Å². The highest BCUT2D eigenvalue weighted by Crippen LogP contribution is 2.42. The Kier molecular flexibility index (Phi) is 1.04. The molecule has 0 amide bonds. The van der Waals surface area contributed by atoms with Crippen LogP contribution in [0.4, 0.5) is 0 Å². The molecule has 0 saturated carbocycles. The minimum atomic E-state index is 0.0336. The summed E-state index contributed by atoms with van der Waals surface area (Å²) >= 11 is 0. The van der Waals surface area contributed by atoms with Gasteiger partial charge in [0, 0.05) is 25.6 Å². The molecule has 4 bridgehead atoms. The first kappa shape index (κ1) is 6.40. The third kappa shape index (κ3) is 0.687. The van der Waals surface area contributed by atoms with Crippen molar-refractivity contribution < 1.29 is 4.74 Å². The van der Waals surface area contributed by atoms with E-state index < -0.39 is 0 Å². The Bertz CT molecular complexity index is 175. The van der Waals surface area contributed by atoms with Gasteiger partial charge in [-0.05, 0) is 13.5 Å². The zero-order valence-corrected chi connectivity index (χ0v) is 6.84. The number of morpholine rings is 1. The van der Waals surface area contributed by atoms with Crippen molar-refractivity contribution in [3.05, 3.63) is 0 Å². The number of hydrogen-bond donors (Lipinski definition) is 1. The molecule has 4 atom stereocenters. The minimum absolute atomic E-state index is 0.0336. The highest BCUT2D eigenvalue weighted by atomic mass is 16.5. The van der Waals surface area contributed by atoms with Crippen LogP contribution < -0.4 is 5.32 Å². The molecule has 4 saturated heterocycles. The molecule has 0 radical (unpaired) electrons. The lowest BCUT2D eigenvalue weighted by atomic mass is 10.0. The predicted octanol–water partition coefficient (Wildman–Crippen LogP) is -0.221. The van der Waals surface area contributed by atoms with Crippen molar-refractivity contribution in [2.75, 3.05) is 20.1 Å². The van der Waals surface area contributed by atoms with Crippen LogP contribution in [0.5, 0.6) is 0 Å². The third-order valence-electron chi connectivity index (χ3n) is 3.36. The summed E-state index contributed by atoms with van der Waals surface area (Å²) in [4.78, 5) is 2.56. The molecule has 11 heavy (non-hydrogen) atoms. The molecule has 3 nitrogen and oxygen atoms in total. The molecule has 4 unspecified atom stereocenters. The fourth-order valence-electron chi connectivity index (χ4n) is 2.85. The lowest BCUT2D eigenvalue weighted by Crippen LogP contribution is -2.54. The maximum Gasteiger partial charge on any atom is 0.133 e. The minimum Gasteiger partial charge on any atom is -0.355 e. The summed E-state index contributed by atoms with van der Waals surface area (Å²) in [7, 11) is 2.01. The summed E-state index contributed by atoms with van der Waals surface area (Å²) in [6, 6.07) is 0.821. The van der Waals surface area contributed by atoms with Gasteiger partial charge in [-0.2, -0.15) is 0 Å². The quantitative estimate of drug-likeness (QED) is 0.565. The standard InChI is InChI=1S/C8H14N2O/c1-9-8-3-6-2-7(11-8)4-10(6)5-8/h6-7,9H,2-5H2,1H3. The molecule has 0 aromatic heterocycles. The van der Waals surface area contributed by atoms with Crippen molar-refractivity contribution >= 4 is 0 Å². The van der Waals surface area contributed by atoms with E-state index in [0.717, 1.165) is 12.6 Å². The van der Waals surface area contributed by atoms with E-state index in [2.05, 4.69) is 10.2 Å². The van der Waals surface area contributed by atoms with Gasteiger partial charge >= 0.3 is 0 Å². The highest BCUT2D eigenvalue weighted by molar-refractivity contribution is 5.06. The van der Waals surface area contributed by atoms with Gasteiger partial charge in [-0.3, -0.25) is 10.2 Å². The summed E-state index contributed by atoms with van der Waals surface area (Å²) < 4.78 is 5.93. The van der Waals surface area contributed by atoms with Gasteiger partial charge in [0.25, 0.3) is 0 Å². The van der Waals surface area contributed by atoms with E-state index in [1.54, 1.807) is 0 Å². The summed E-state index contributed by atoms with van der Waals surface area (Å²) in [5, 5.41) is 3.31. The molecule has 0 aromatic carbocycles.